The maximum absolute atomic E-state index is 12.4. The molecule has 196 valence electrons. The van der Waals surface area contributed by atoms with Crippen molar-refractivity contribution < 1.29 is 33.3 Å². The van der Waals surface area contributed by atoms with Gasteiger partial charge >= 0.3 is 17.9 Å². The monoisotopic (exact) mass is 514 g/mol. The van der Waals surface area contributed by atoms with Crippen LogP contribution < -0.4 is 4.74 Å². The molecule has 0 aliphatic heterocycles. The number of unbranched alkanes of at least 4 members (excludes halogenated alkanes) is 1. The summed E-state index contributed by atoms with van der Waals surface area (Å²) in [6.45, 7) is 11.5. The van der Waals surface area contributed by atoms with E-state index in [1.165, 1.54) is 12.2 Å². The van der Waals surface area contributed by atoms with Crippen LogP contribution >= 0.6 is 0 Å². The highest BCUT2D eigenvalue weighted by Gasteiger charge is 2.13. The average Bonchev–Trinajstić information content (AvgIpc) is 2.93. The van der Waals surface area contributed by atoms with Crippen LogP contribution in [0.2, 0.25) is 0 Å². The largest absolute Gasteiger partial charge is 0.494 e. The highest BCUT2D eigenvalue weighted by Crippen LogP contribution is 2.21. The van der Waals surface area contributed by atoms with E-state index in [1.807, 2.05) is 18.2 Å². The van der Waals surface area contributed by atoms with E-state index < -0.39 is 17.9 Å². The highest BCUT2D eigenvalue weighted by atomic mass is 16.5. The van der Waals surface area contributed by atoms with Crippen LogP contribution in [0.4, 0.5) is 0 Å². The van der Waals surface area contributed by atoms with Gasteiger partial charge in [0, 0.05) is 6.08 Å². The lowest BCUT2D eigenvalue weighted by Crippen LogP contribution is -2.06. The van der Waals surface area contributed by atoms with Crippen LogP contribution in [0.1, 0.15) is 51.1 Å². The molecule has 3 rings (SSSR count). The summed E-state index contributed by atoms with van der Waals surface area (Å²) in [5, 5.41) is 0. The molecule has 0 radical (unpaired) electrons. The first-order valence-electron chi connectivity index (χ1n) is 12.2. The first-order chi connectivity index (χ1) is 18.4. The van der Waals surface area contributed by atoms with E-state index in [4.69, 9.17) is 18.9 Å². The number of esters is 3. The van der Waals surface area contributed by atoms with Crippen molar-refractivity contribution in [1.29, 1.82) is 0 Å². The highest BCUT2D eigenvalue weighted by molar-refractivity contribution is 5.91. The molecule has 0 saturated heterocycles. The zero-order chi connectivity index (χ0) is 27.3. The molecule has 2 aromatic rings. The van der Waals surface area contributed by atoms with Crippen LogP contribution in [-0.4, -0.2) is 31.1 Å². The molecule has 2 aromatic carbocycles. The second-order valence-corrected chi connectivity index (χ2v) is 8.35. The Morgan fingerprint density at radius 1 is 0.842 bits per heavy atom. The number of ether oxygens (including phenoxy) is 4. The Bertz CT molecular complexity index is 1270. The van der Waals surface area contributed by atoms with Crippen LogP contribution in [0.15, 0.2) is 98.0 Å². The van der Waals surface area contributed by atoms with E-state index in [0.29, 0.717) is 42.9 Å². The number of fused-ring (bicyclic) bond motifs is 1. The minimum absolute atomic E-state index is 0.0604. The van der Waals surface area contributed by atoms with Gasteiger partial charge in [0.2, 0.25) is 0 Å². The number of carbonyl (C=O) groups excluding carboxylic acids is 3. The molecule has 0 amide bonds. The molecule has 0 N–H and O–H groups in total. The normalized spacial score (nSPS) is 11.8. The summed E-state index contributed by atoms with van der Waals surface area (Å²) in [5.74, 6) is -0.815. The van der Waals surface area contributed by atoms with Gasteiger partial charge < -0.3 is 18.9 Å². The molecule has 0 atom stereocenters. The maximum Gasteiger partial charge on any atom is 0.343 e. The molecule has 7 nitrogen and oxygen atoms in total. The lowest BCUT2D eigenvalue weighted by atomic mass is 9.95. The quantitative estimate of drug-likeness (QED) is 0.0793. The lowest BCUT2D eigenvalue weighted by molar-refractivity contribution is -0.137. The number of hydrogen-bond donors (Lipinski definition) is 0. The van der Waals surface area contributed by atoms with Gasteiger partial charge in [-0.25, -0.2) is 14.4 Å². The van der Waals surface area contributed by atoms with Gasteiger partial charge in [-0.15, -0.1) is 0 Å². The smallest absolute Gasteiger partial charge is 0.343 e. The summed E-state index contributed by atoms with van der Waals surface area (Å²) < 4.78 is 21.0. The third-order valence-corrected chi connectivity index (χ3v) is 5.47. The molecule has 0 aromatic heterocycles. The fraction of sp³-hybridized carbons (Fsp3) is 0.194. The van der Waals surface area contributed by atoms with E-state index in [1.54, 1.807) is 30.3 Å². The Labute approximate surface area is 222 Å². The Morgan fingerprint density at radius 3 is 2.16 bits per heavy atom. The van der Waals surface area contributed by atoms with Gasteiger partial charge in [0.1, 0.15) is 17.3 Å². The van der Waals surface area contributed by atoms with Gasteiger partial charge in [0.25, 0.3) is 0 Å². The Kier molecular flexibility index (Phi) is 10.4. The van der Waals surface area contributed by atoms with Crippen molar-refractivity contribution in [3.8, 4) is 5.75 Å². The van der Waals surface area contributed by atoms with Gasteiger partial charge in [-0.1, -0.05) is 38.0 Å². The molecule has 1 aliphatic rings. The molecule has 0 bridgehead atoms. The van der Waals surface area contributed by atoms with Gasteiger partial charge in [-0.3, -0.25) is 0 Å². The zero-order valence-electron chi connectivity index (χ0n) is 21.1. The standard InChI is InChI=1S/C31H30O7/c1-4-29(32)36-20-8-7-19-35-28-17-15-25(16-18-28)30(33)37-22(2)11-12-23(3)38-31(34)27-14-13-24-9-5-6-10-26(24)21-27/h4-5,9,11-18,21H,1-3,6-8,10,19-20H2/b12-11-. The molecule has 0 fully saturated rings. The Balaban J connectivity index is 1.39. The number of allylic oxidation sites excluding steroid dienone is 3. The Hall–Kier alpha value is -4.65. The van der Waals surface area contributed by atoms with Gasteiger partial charge in [-0.2, -0.15) is 0 Å². The third-order valence-electron chi connectivity index (χ3n) is 5.47. The number of aryl methyl sites for hydroxylation is 1. The third kappa shape index (κ3) is 8.78. The predicted molar refractivity (Wildman–Crippen MR) is 144 cm³/mol. The van der Waals surface area contributed by atoms with Crippen molar-refractivity contribution in [2.45, 2.75) is 25.7 Å². The molecule has 38 heavy (non-hydrogen) atoms. The van der Waals surface area contributed by atoms with Gasteiger partial charge in [-0.05, 0) is 85.4 Å². The van der Waals surface area contributed by atoms with Crippen molar-refractivity contribution in [1.82, 2.24) is 0 Å². The molecule has 0 heterocycles. The molecule has 0 unspecified atom stereocenters. The topological polar surface area (TPSA) is 88.1 Å². The molecule has 0 spiro atoms. The van der Waals surface area contributed by atoms with E-state index in [2.05, 4.69) is 25.8 Å². The molecular formula is C31H30O7. The van der Waals surface area contributed by atoms with Crippen LogP contribution in [0.3, 0.4) is 0 Å². The minimum Gasteiger partial charge on any atom is -0.494 e. The Morgan fingerprint density at radius 2 is 1.47 bits per heavy atom. The summed E-state index contributed by atoms with van der Waals surface area (Å²) in [5.41, 5.74) is 2.97. The van der Waals surface area contributed by atoms with E-state index in [-0.39, 0.29) is 11.5 Å². The number of benzene rings is 2. The van der Waals surface area contributed by atoms with Crippen molar-refractivity contribution in [2.24, 2.45) is 0 Å². The van der Waals surface area contributed by atoms with Crippen LogP contribution in [0, 0.1) is 0 Å². The molecule has 7 heteroatoms. The van der Waals surface area contributed by atoms with E-state index >= 15 is 0 Å². The summed E-state index contributed by atoms with van der Waals surface area (Å²) in [4.78, 5) is 35.8. The molecule has 0 saturated carbocycles. The fourth-order valence-corrected chi connectivity index (χ4v) is 3.48. The zero-order valence-corrected chi connectivity index (χ0v) is 21.1. The summed E-state index contributed by atoms with van der Waals surface area (Å²) in [7, 11) is 0. The van der Waals surface area contributed by atoms with Crippen molar-refractivity contribution in [3.05, 3.63) is 120 Å². The summed E-state index contributed by atoms with van der Waals surface area (Å²) in [6.07, 6.45) is 11.3. The summed E-state index contributed by atoms with van der Waals surface area (Å²) >= 11 is 0. The second-order valence-electron chi connectivity index (χ2n) is 8.35. The maximum atomic E-state index is 12.4. The van der Waals surface area contributed by atoms with Crippen LogP contribution in [0.5, 0.6) is 5.75 Å². The number of hydrogen-bond acceptors (Lipinski definition) is 7. The first-order valence-corrected chi connectivity index (χ1v) is 12.2. The fourth-order valence-electron chi connectivity index (χ4n) is 3.48. The molecular weight excluding hydrogens is 484 g/mol. The van der Waals surface area contributed by atoms with Crippen LogP contribution in [0.25, 0.3) is 6.08 Å². The predicted octanol–water partition coefficient (Wildman–Crippen LogP) is 6.13. The number of carbonyl (C=O) groups is 3. The number of rotatable bonds is 13. The molecule has 1 aliphatic carbocycles. The first kappa shape index (κ1) is 27.9. The SMILES string of the molecule is C=CC(=O)OCCCCOc1ccc(C(=O)OC(=C)/C=C\C(=C)OC(=O)c2ccc3c(c2)CCC=C3)cc1. The summed E-state index contributed by atoms with van der Waals surface area (Å²) in [6, 6.07) is 11.9. The van der Waals surface area contributed by atoms with Crippen LogP contribution in [-0.2, 0) is 25.4 Å². The van der Waals surface area contributed by atoms with Crippen molar-refractivity contribution >= 4 is 24.0 Å². The second kappa shape index (κ2) is 14.2. The average molecular weight is 515 g/mol. The van der Waals surface area contributed by atoms with Crippen molar-refractivity contribution in [2.75, 3.05) is 13.2 Å². The van der Waals surface area contributed by atoms with E-state index in [9.17, 15) is 14.4 Å². The van der Waals surface area contributed by atoms with E-state index in [0.717, 1.165) is 30.0 Å². The minimum atomic E-state index is -0.596. The van der Waals surface area contributed by atoms with Gasteiger partial charge in [0.05, 0.1) is 24.3 Å². The van der Waals surface area contributed by atoms with Gasteiger partial charge in [0.15, 0.2) is 0 Å². The van der Waals surface area contributed by atoms with Crippen molar-refractivity contribution in [3.63, 3.8) is 0 Å². The lowest BCUT2D eigenvalue weighted by Gasteiger charge is -2.12.